The molecule has 0 spiro atoms. The van der Waals surface area contributed by atoms with Gasteiger partial charge in [-0.3, -0.25) is 0 Å². The molecule has 0 radical (unpaired) electrons. The molecule has 1 fully saturated rings. The number of hydrogen-bond acceptors (Lipinski definition) is 3. The fraction of sp³-hybridized carbons (Fsp3) is 1.00. The Bertz CT molecular complexity index is 211. The standard InChI is InChI=1S/C10H20N4O/c11-13-12-6-2-7-14(8-3-9-15)10-4-1-5-10/h10,15H,1-9H2. The lowest BCUT2D eigenvalue weighted by Crippen LogP contribution is -2.41. The van der Waals surface area contributed by atoms with Crippen molar-refractivity contribution in [1.29, 1.82) is 0 Å². The Morgan fingerprint density at radius 2 is 2.07 bits per heavy atom. The molecule has 0 bridgehead atoms. The molecule has 5 heteroatoms. The topological polar surface area (TPSA) is 72.2 Å². The molecule has 0 atom stereocenters. The van der Waals surface area contributed by atoms with Gasteiger partial charge >= 0.3 is 0 Å². The Morgan fingerprint density at radius 1 is 1.33 bits per heavy atom. The van der Waals surface area contributed by atoms with E-state index in [-0.39, 0.29) is 6.61 Å². The van der Waals surface area contributed by atoms with E-state index in [0.717, 1.165) is 25.9 Å². The van der Waals surface area contributed by atoms with Gasteiger partial charge in [0.1, 0.15) is 0 Å². The van der Waals surface area contributed by atoms with Crippen molar-refractivity contribution in [2.24, 2.45) is 5.11 Å². The zero-order valence-electron chi connectivity index (χ0n) is 9.18. The molecule has 0 aromatic rings. The van der Waals surface area contributed by atoms with E-state index in [0.29, 0.717) is 12.6 Å². The summed E-state index contributed by atoms with van der Waals surface area (Å²) < 4.78 is 0. The van der Waals surface area contributed by atoms with Crippen molar-refractivity contribution in [3.63, 3.8) is 0 Å². The fourth-order valence-corrected chi connectivity index (χ4v) is 1.89. The number of aliphatic hydroxyl groups is 1. The predicted octanol–water partition coefficient (Wildman–Crippen LogP) is 1.92. The molecule has 0 amide bonds. The third-order valence-corrected chi connectivity index (χ3v) is 2.96. The van der Waals surface area contributed by atoms with Gasteiger partial charge in [0.15, 0.2) is 0 Å². The lowest BCUT2D eigenvalue weighted by molar-refractivity contribution is 0.116. The van der Waals surface area contributed by atoms with E-state index in [2.05, 4.69) is 14.9 Å². The SMILES string of the molecule is [N-]=[N+]=NCCCN(CCCO)C1CCC1. The van der Waals surface area contributed by atoms with Crippen molar-refractivity contribution in [2.45, 2.75) is 38.1 Å². The predicted molar refractivity (Wildman–Crippen MR) is 59.5 cm³/mol. The van der Waals surface area contributed by atoms with Gasteiger partial charge in [0, 0.05) is 30.6 Å². The summed E-state index contributed by atoms with van der Waals surface area (Å²) in [5.74, 6) is 0. The van der Waals surface area contributed by atoms with Crippen LogP contribution in [0.5, 0.6) is 0 Å². The minimum absolute atomic E-state index is 0.263. The van der Waals surface area contributed by atoms with Gasteiger partial charge in [-0.25, -0.2) is 0 Å². The number of nitrogens with zero attached hydrogens (tertiary/aromatic N) is 4. The van der Waals surface area contributed by atoms with Crippen LogP contribution in [0.25, 0.3) is 10.4 Å². The van der Waals surface area contributed by atoms with Crippen molar-refractivity contribution in [3.8, 4) is 0 Å². The van der Waals surface area contributed by atoms with E-state index < -0.39 is 0 Å². The lowest BCUT2D eigenvalue weighted by Gasteiger charge is -2.37. The molecule has 0 heterocycles. The fourth-order valence-electron chi connectivity index (χ4n) is 1.89. The molecule has 1 saturated carbocycles. The van der Waals surface area contributed by atoms with Gasteiger partial charge in [-0.05, 0) is 37.8 Å². The number of rotatable bonds is 8. The van der Waals surface area contributed by atoms with Crippen LogP contribution in [-0.2, 0) is 0 Å². The number of aliphatic hydroxyl groups excluding tert-OH is 1. The highest BCUT2D eigenvalue weighted by Gasteiger charge is 2.23. The molecule has 0 saturated heterocycles. The van der Waals surface area contributed by atoms with Gasteiger partial charge in [0.2, 0.25) is 0 Å². The average molecular weight is 212 g/mol. The van der Waals surface area contributed by atoms with E-state index in [1.807, 2.05) is 0 Å². The van der Waals surface area contributed by atoms with Gasteiger partial charge in [0.25, 0.3) is 0 Å². The molecule has 86 valence electrons. The van der Waals surface area contributed by atoms with Crippen molar-refractivity contribution in [1.82, 2.24) is 4.90 Å². The van der Waals surface area contributed by atoms with Crippen LogP contribution in [0.3, 0.4) is 0 Å². The minimum Gasteiger partial charge on any atom is -0.396 e. The van der Waals surface area contributed by atoms with Crippen molar-refractivity contribution >= 4 is 0 Å². The molecule has 1 aliphatic rings. The molecule has 1 aliphatic carbocycles. The molecule has 0 unspecified atom stereocenters. The van der Waals surface area contributed by atoms with E-state index >= 15 is 0 Å². The smallest absolute Gasteiger partial charge is 0.0443 e. The Hall–Kier alpha value is -0.770. The normalized spacial score (nSPS) is 16.1. The summed E-state index contributed by atoms with van der Waals surface area (Å²) in [5.41, 5.74) is 8.15. The van der Waals surface area contributed by atoms with Crippen LogP contribution in [0.15, 0.2) is 5.11 Å². The molecule has 0 aromatic carbocycles. The summed E-state index contributed by atoms with van der Waals surface area (Å²) in [6.07, 6.45) is 5.67. The minimum atomic E-state index is 0.263. The van der Waals surface area contributed by atoms with E-state index in [1.165, 1.54) is 19.3 Å². The molecule has 5 nitrogen and oxygen atoms in total. The highest BCUT2D eigenvalue weighted by Crippen LogP contribution is 2.24. The molecule has 0 aliphatic heterocycles. The van der Waals surface area contributed by atoms with E-state index in [9.17, 15) is 0 Å². The van der Waals surface area contributed by atoms with Crippen molar-refractivity contribution in [2.75, 3.05) is 26.2 Å². The van der Waals surface area contributed by atoms with Crippen LogP contribution >= 0.6 is 0 Å². The monoisotopic (exact) mass is 212 g/mol. The van der Waals surface area contributed by atoms with Crippen LogP contribution in [-0.4, -0.2) is 42.3 Å². The Balaban J connectivity index is 2.18. The van der Waals surface area contributed by atoms with Gasteiger partial charge in [-0.1, -0.05) is 11.5 Å². The highest BCUT2D eigenvalue weighted by molar-refractivity contribution is 4.80. The van der Waals surface area contributed by atoms with Gasteiger partial charge in [-0.2, -0.15) is 0 Å². The first-order chi connectivity index (χ1) is 7.38. The summed E-state index contributed by atoms with van der Waals surface area (Å²) in [6.45, 7) is 2.81. The molecular weight excluding hydrogens is 192 g/mol. The largest absolute Gasteiger partial charge is 0.396 e. The molecule has 1 rings (SSSR count). The maximum atomic E-state index is 8.80. The Kier molecular flexibility index (Phi) is 6.16. The van der Waals surface area contributed by atoms with Gasteiger partial charge < -0.3 is 10.0 Å². The first kappa shape index (κ1) is 12.3. The van der Waals surface area contributed by atoms with Crippen LogP contribution < -0.4 is 0 Å². The van der Waals surface area contributed by atoms with Crippen molar-refractivity contribution < 1.29 is 5.11 Å². The molecule has 0 aromatic heterocycles. The lowest BCUT2D eigenvalue weighted by atomic mass is 9.91. The third-order valence-electron chi connectivity index (χ3n) is 2.96. The quantitative estimate of drug-likeness (QED) is 0.289. The Morgan fingerprint density at radius 3 is 2.60 bits per heavy atom. The number of hydrogen-bond donors (Lipinski definition) is 1. The van der Waals surface area contributed by atoms with Gasteiger partial charge in [-0.15, -0.1) is 0 Å². The zero-order valence-corrected chi connectivity index (χ0v) is 9.18. The van der Waals surface area contributed by atoms with Crippen molar-refractivity contribution in [3.05, 3.63) is 10.4 Å². The summed E-state index contributed by atoms with van der Waals surface area (Å²) in [6, 6.07) is 0.711. The van der Waals surface area contributed by atoms with E-state index in [1.54, 1.807) is 0 Å². The molecule has 15 heavy (non-hydrogen) atoms. The summed E-state index contributed by atoms with van der Waals surface area (Å²) in [4.78, 5) is 5.16. The molecular formula is C10H20N4O. The highest BCUT2D eigenvalue weighted by atomic mass is 16.3. The van der Waals surface area contributed by atoms with E-state index in [4.69, 9.17) is 10.6 Å². The second kappa shape index (κ2) is 7.51. The van der Waals surface area contributed by atoms with Gasteiger partial charge in [0.05, 0.1) is 0 Å². The Labute approximate surface area is 90.7 Å². The summed E-state index contributed by atoms with van der Waals surface area (Å²) >= 11 is 0. The first-order valence-electron chi connectivity index (χ1n) is 5.74. The summed E-state index contributed by atoms with van der Waals surface area (Å²) in [5, 5.41) is 12.3. The number of azide groups is 1. The van der Waals surface area contributed by atoms with Crippen LogP contribution in [0.4, 0.5) is 0 Å². The van der Waals surface area contributed by atoms with Crippen LogP contribution in [0.1, 0.15) is 32.1 Å². The second-order valence-corrected chi connectivity index (χ2v) is 4.01. The summed E-state index contributed by atoms with van der Waals surface area (Å²) in [7, 11) is 0. The second-order valence-electron chi connectivity index (χ2n) is 4.01. The first-order valence-corrected chi connectivity index (χ1v) is 5.74. The molecule has 1 N–H and O–H groups in total. The van der Waals surface area contributed by atoms with Crippen LogP contribution in [0, 0.1) is 0 Å². The third kappa shape index (κ3) is 4.51. The van der Waals surface area contributed by atoms with Crippen LogP contribution in [0.2, 0.25) is 0 Å². The average Bonchev–Trinajstić information content (AvgIpc) is 2.17. The zero-order chi connectivity index (χ0) is 10.9. The maximum absolute atomic E-state index is 8.80. The maximum Gasteiger partial charge on any atom is 0.0443 e.